The molecule has 3 aliphatic rings. The van der Waals surface area contributed by atoms with E-state index < -0.39 is 76.5 Å². The van der Waals surface area contributed by atoms with Crippen LogP contribution in [0.15, 0.2) is 43.2 Å². The van der Waals surface area contributed by atoms with Crippen LogP contribution in [0.5, 0.6) is 0 Å². The fourth-order valence-electron chi connectivity index (χ4n) is 5.37. The first-order valence-corrected chi connectivity index (χ1v) is 17.1. The highest BCUT2D eigenvalue weighted by Gasteiger charge is 2.52. The molecule has 6 heterocycles. The van der Waals surface area contributed by atoms with E-state index >= 15 is 0 Å². The number of fused-ring (bicyclic) bond motifs is 5. The van der Waals surface area contributed by atoms with Gasteiger partial charge in [-0.2, -0.15) is 0 Å². The van der Waals surface area contributed by atoms with Crippen LogP contribution in [0, 0.1) is 0 Å². The Bertz CT molecular complexity index is 1780. The Hall–Kier alpha value is -2.38. The van der Waals surface area contributed by atoms with Gasteiger partial charge in [0.2, 0.25) is 7.57 Å². The van der Waals surface area contributed by atoms with Crippen molar-refractivity contribution < 1.29 is 47.2 Å². The highest BCUT2D eigenvalue weighted by atomic mass is 32.5. The summed E-state index contributed by atoms with van der Waals surface area (Å²) in [5.74, 6) is 0.105. The Kier molecular flexibility index (Phi) is 7.44. The number of nitrogens with two attached hydrogens (primary N) is 1. The molecule has 10 atom stereocenters. The van der Waals surface area contributed by atoms with Gasteiger partial charge in [-0.05, 0) is 23.9 Å². The van der Waals surface area contributed by atoms with Crippen LogP contribution in [0.2, 0.25) is 0 Å². The van der Waals surface area contributed by atoms with Crippen LogP contribution < -0.4 is 5.73 Å². The third-order valence-corrected chi connectivity index (χ3v) is 9.99. The summed E-state index contributed by atoms with van der Waals surface area (Å²) in [6, 6.07) is 7.17. The van der Waals surface area contributed by atoms with Crippen molar-refractivity contribution in [1.82, 2.24) is 29.1 Å². The molecule has 2 bridgehead atoms. The molecule has 21 heteroatoms. The van der Waals surface area contributed by atoms with Crippen molar-refractivity contribution >= 4 is 61.6 Å². The Morgan fingerprint density at radius 3 is 2.51 bits per heavy atom. The fraction of sp³-hybridized carbons (Fsp3) is 0.455. The molecule has 0 amide bonds. The van der Waals surface area contributed by atoms with E-state index in [1.165, 1.54) is 23.5 Å². The molecule has 3 aliphatic heterocycles. The summed E-state index contributed by atoms with van der Waals surface area (Å²) in [5, 5.41) is 22.4. The molecule has 3 fully saturated rings. The molecule has 3 saturated heterocycles. The summed E-state index contributed by atoms with van der Waals surface area (Å²) in [7, 11) is 1.51. The zero-order valence-electron chi connectivity index (χ0n) is 21.9. The van der Waals surface area contributed by atoms with Crippen molar-refractivity contribution in [2.45, 2.75) is 49.1 Å². The van der Waals surface area contributed by atoms with Crippen molar-refractivity contribution in [3.8, 4) is 0 Å². The molecule has 3 aromatic heterocycles. The maximum Gasteiger partial charge on any atom is 0.325 e. The molecule has 4 aromatic rings. The summed E-state index contributed by atoms with van der Waals surface area (Å²) >= 11 is 5.28. The summed E-state index contributed by atoms with van der Waals surface area (Å²) < 4.78 is 50.8. The Morgan fingerprint density at radius 1 is 0.930 bits per heavy atom. The SMILES string of the molecule is [B]P1(=O)OCC2OC(n3cnc4c(N)ncnc43)C(OP(O)(=S)OCC3OC(n4cnc5ccccc54)C(O)C3O1)C2O. The molecule has 0 aliphatic carbocycles. The third-order valence-electron chi connectivity index (χ3n) is 7.38. The maximum absolute atomic E-state index is 13.3. The van der Waals surface area contributed by atoms with Gasteiger partial charge in [-0.1, -0.05) is 12.1 Å². The van der Waals surface area contributed by atoms with Gasteiger partial charge in [0.15, 0.2) is 23.9 Å². The van der Waals surface area contributed by atoms with E-state index in [4.69, 9.17) is 52.7 Å². The molecule has 2 radical (unpaired) electrons. The number of para-hydroxylation sites is 2. The molecule has 5 N–H and O–H groups in total. The second-order valence-corrected chi connectivity index (χ2v) is 14.4. The van der Waals surface area contributed by atoms with Crippen molar-refractivity contribution in [3.05, 3.63) is 43.2 Å². The van der Waals surface area contributed by atoms with Gasteiger partial charge in [0.25, 0.3) is 7.47 Å². The van der Waals surface area contributed by atoms with Crippen LogP contribution in [0.3, 0.4) is 0 Å². The van der Waals surface area contributed by atoms with Crippen LogP contribution in [0.4, 0.5) is 5.82 Å². The second kappa shape index (κ2) is 10.9. The van der Waals surface area contributed by atoms with E-state index in [1.807, 2.05) is 6.07 Å². The first-order chi connectivity index (χ1) is 20.5. The minimum absolute atomic E-state index is 0.105. The maximum atomic E-state index is 13.3. The van der Waals surface area contributed by atoms with Gasteiger partial charge in [-0.3, -0.25) is 13.7 Å². The number of aliphatic hydroxyl groups is 2. The number of benzene rings is 1. The lowest BCUT2D eigenvalue weighted by atomic mass is 10.1. The number of hydrogen-bond donors (Lipinski definition) is 4. The number of anilines is 1. The minimum atomic E-state index is -4.42. The van der Waals surface area contributed by atoms with Crippen LogP contribution in [-0.4, -0.2) is 102 Å². The van der Waals surface area contributed by atoms with Crippen LogP contribution in [-0.2, 0) is 43.9 Å². The van der Waals surface area contributed by atoms with E-state index in [9.17, 15) is 19.7 Å². The van der Waals surface area contributed by atoms with E-state index in [2.05, 4.69) is 19.9 Å². The van der Waals surface area contributed by atoms with Gasteiger partial charge >= 0.3 is 6.72 Å². The van der Waals surface area contributed by atoms with Gasteiger partial charge < -0.3 is 48.5 Å². The zero-order chi connectivity index (χ0) is 30.1. The van der Waals surface area contributed by atoms with E-state index in [0.717, 1.165) is 0 Å². The van der Waals surface area contributed by atoms with Crippen LogP contribution >= 0.6 is 14.2 Å². The number of aromatic nitrogens is 6. The molecule has 226 valence electrons. The van der Waals surface area contributed by atoms with Crippen molar-refractivity contribution in [1.29, 1.82) is 0 Å². The second-order valence-electron chi connectivity index (χ2n) is 10.1. The lowest BCUT2D eigenvalue weighted by Gasteiger charge is -2.28. The largest absolute Gasteiger partial charge is 0.387 e. The zero-order valence-corrected chi connectivity index (χ0v) is 24.5. The summed E-state index contributed by atoms with van der Waals surface area (Å²) in [4.78, 5) is 27.7. The molecule has 0 spiro atoms. The normalized spacial score (nSPS) is 38.9. The van der Waals surface area contributed by atoms with Crippen molar-refractivity contribution in [2.24, 2.45) is 0 Å². The summed E-state index contributed by atoms with van der Waals surface area (Å²) in [6.45, 7) is -5.15. The number of nitrogens with zero attached hydrogens (tertiary/aromatic N) is 6. The molecule has 1 aromatic carbocycles. The van der Waals surface area contributed by atoms with Crippen molar-refractivity contribution in [3.63, 3.8) is 0 Å². The highest BCUT2D eigenvalue weighted by molar-refractivity contribution is 8.07. The fourth-order valence-corrected chi connectivity index (χ4v) is 7.80. The van der Waals surface area contributed by atoms with Gasteiger partial charge in [-0.25, -0.2) is 19.9 Å². The van der Waals surface area contributed by atoms with Crippen molar-refractivity contribution in [2.75, 3.05) is 18.9 Å². The third kappa shape index (κ3) is 5.33. The first-order valence-electron chi connectivity index (χ1n) is 12.9. The van der Waals surface area contributed by atoms with Gasteiger partial charge in [0, 0.05) is 0 Å². The Morgan fingerprint density at radius 2 is 1.67 bits per heavy atom. The predicted molar refractivity (Wildman–Crippen MR) is 151 cm³/mol. The lowest BCUT2D eigenvalue weighted by Crippen LogP contribution is -2.36. The first kappa shape index (κ1) is 29.3. The average Bonchev–Trinajstić information content (AvgIpc) is 3.72. The Labute approximate surface area is 249 Å². The lowest BCUT2D eigenvalue weighted by molar-refractivity contribution is -0.0594. The Balaban J connectivity index is 1.20. The van der Waals surface area contributed by atoms with Crippen LogP contribution in [0.1, 0.15) is 12.5 Å². The van der Waals surface area contributed by atoms with Crippen LogP contribution in [0.25, 0.3) is 22.2 Å². The van der Waals surface area contributed by atoms with Gasteiger partial charge in [0.1, 0.15) is 48.5 Å². The minimum Gasteiger partial charge on any atom is -0.387 e. The summed E-state index contributed by atoms with van der Waals surface area (Å²) in [6.07, 6.45) is -6.15. The molecule has 10 unspecified atom stereocenters. The molecule has 0 saturated carbocycles. The quantitative estimate of drug-likeness (QED) is 0.169. The van der Waals surface area contributed by atoms with E-state index in [0.29, 0.717) is 11.0 Å². The number of aliphatic hydroxyl groups excluding tert-OH is 2. The molecule has 43 heavy (non-hydrogen) atoms. The molecular formula is C22H24BN7O10P2S. The highest BCUT2D eigenvalue weighted by Crippen LogP contribution is 2.53. The van der Waals surface area contributed by atoms with E-state index in [1.54, 1.807) is 22.8 Å². The molecule has 7 rings (SSSR count). The van der Waals surface area contributed by atoms with Gasteiger partial charge in [0.05, 0.1) is 36.9 Å². The average molecular weight is 651 g/mol. The topological polar surface area (TPSA) is 221 Å². The predicted octanol–water partition coefficient (Wildman–Crippen LogP) is 0.286. The standard InChI is InChI=1S/C22H24BN7O10P2S/c23-41(33)35-5-12-15(31)18(22(37-12)30-9-28-14-19(24)25-7-26-20(14)30)40-42(34,43)36-6-13-17(39-41)16(32)21(38-13)29-8-27-10-3-1-2-4-11(10)29/h1-4,7-9,12-13,15-18,21-22,31-32H,5-6H2,(H,34,43)(H2,24,25,26). The number of imidazole rings is 2. The molecule has 17 nitrogen and oxygen atoms in total. The smallest absolute Gasteiger partial charge is 0.325 e. The number of rotatable bonds is 2. The summed E-state index contributed by atoms with van der Waals surface area (Å²) in [5.41, 5.74) is 7.71. The number of ether oxygens (including phenoxy) is 2. The van der Waals surface area contributed by atoms with Gasteiger partial charge in [-0.15, -0.1) is 0 Å². The molecular weight excluding hydrogens is 627 g/mol. The number of nitrogen functional groups attached to an aromatic ring is 1. The van der Waals surface area contributed by atoms with E-state index in [-0.39, 0.29) is 17.0 Å². The monoisotopic (exact) mass is 651 g/mol. The number of hydrogen-bond acceptors (Lipinski definition) is 15.